The molecular formula is C25H40IN7. The molecule has 1 aliphatic carbocycles. The predicted molar refractivity (Wildman–Crippen MR) is 145 cm³/mol. The Kier molecular flexibility index (Phi) is 9.97. The van der Waals surface area contributed by atoms with Crippen molar-refractivity contribution >= 4 is 29.9 Å². The highest BCUT2D eigenvalue weighted by molar-refractivity contribution is 14.0. The molecule has 2 aliphatic rings. The first-order chi connectivity index (χ1) is 15.6. The van der Waals surface area contributed by atoms with Gasteiger partial charge in [-0.25, -0.2) is 4.99 Å². The van der Waals surface area contributed by atoms with Crippen LogP contribution in [0.2, 0.25) is 0 Å². The predicted octanol–water partition coefficient (Wildman–Crippen LogP) is 4.02. The maximum atomic E-state index is 4.88. The van der Waals surface area contributed by atoms with E-state index in [1.165, 1.54) is 57.2 Å². The van der Waals surface area contributed by atoms with Gasteiger partial charge >= 0.3 is 0 Å². The van der Waals surface area contributed by atoms with Crippen molar-refractivity contribution in [2.75, 3.05) is 13.1 Å². The van der Waals surface area contributed by atoms with Crippen molar-refractivity contribution in [3.8, 4) is 0 Å². The van der Waals surface area contributed by atoms with Crippen LogP contribution in [-0.2, 0) is 20.1 Å². The average molecular weight is 566 g/mol. The third-order valence-electron chi connectivity index (χ3n) is 7.23. The van der Waals surface area contributed by atoms with E-state index in [-0.39, 0.29) is 24.0 Å². The molecule has 33 heavy (non-hydrogen) atoms. The van der Waals surface area contributed by atoms with Crippen LogP contribution in [-0.4, -0.2) is 50.8 Å². The molecule has 0 radical (unpaired) electrons. The van der Waals surface area contributed by atoms with Crippen LogP contribution in [0.3, 0.4) is 0 Å². The number of nitrogens with one attached hydrogen (secondary N) is 2. The molecule has 7 nitrogen and oxygen atoms in total. The van der Waals surface area contributed by atoms with E-state index in [0.29, 0.717) is 19.1 Å². The average Bonchev–Trinajstić information content (AvgIpc) is 3.15. The summed E-state index contributed by atoms with van der Waals surface area (Å²) in [5.74, 6) is 3.60. The monoisotopic (exact) mass is 565 g/mol. The Labute approximate surface area is 215 Å². The SMILES string of the molecule is Cc1nnc(CNC(=NCc2ccccc2)NC2CCC(N3CCC(C)CC3)CC2)n1C.I. The number of hydrogen-bond donors (Lipinski definition) is 2. The van der Waals surface area contributed by atoms with E-state index in [1.54, 1.807) is 0 Å². The lowest BCUT2D eigenvalue weighted by Crippen LogP contribution is -2.48. The van der Waals surface area contributed by atoms with Crippen LogP contribution in [0.1, 0.15) is 62.7 Å². The molecule has 4 rings (SSSR count). The number of aliphatic imine (C=N–C) groups is 1. The zero-order valence-electron chi connectivity index (χ0n) is 20.3. The molecule has 182 valence electrons. The zero-order valence-corrected chi connectivity index (χ0v) is 22.7. The van der Waals surface area contributed by atoms with Crippen molar-refractivity contribution in [3.63, 3.8) is 0 Å². The van der Waals surface area contributed by atoms with Gasteiger partial charge in [-0.3, -0.25) is 0 Å². The molecule has 0 amide bonds. The first-order valence-corrected chi connectivity index (χ1v) is 12.3. The summed E-state index contributed by atoms with van der Waals surface area (Å²) in [5, 5.41) is 15.7. The molecule has 2 aromatic rings. The molecule has 0 unspecified atom stereocenters. The van der Waals surface area contributed by atoms with Crippen molar-refractivity contribution in [2.45, 2.75) is 77.5 Å². The molecule has 1 aliphatic heterocycles. The number of hydrogen-bond acceptors (Lipinski definition) is 4. The van der Waals surface area contributed by atoms with E-state index in [2.05, 4.69) is 56.9 Å². The number of benzene rings is 1. The zero-order chi connectivity index (χ0) is 22.3. The van der Waals surface area contributed by atoms with E-state index in [9.17, 15) is 0 Å². The number of likely N-dealkylation sites (tertiary alicyclic amines) is 1. The lowest BCUT2D eigenvalue weighted by molar-refractivity contribution is 0.105. The standard InChI is InChI=1S/C25H39N7.HI/c1-19-13-15-32(16-14-19)23-11-9-22(10-12-23)28-25(26-17-21-7-5-4-6-8-21)27-18-24-30-29-20(2)31(24)3;/h4-8,19,22-23H,9-18H2,1-3H3,(H2,26,27,28);1H. The number of rotatable bonds is 6. The Morgan fingerprint density at radius 2 is 1.73 bits per heavy atom. The van der Waals surface area contributed by atoms with Crippen molar-refractivity contribution in [1.82, 2.24) is 30.3 Å². The lowest BCUT2D eigenvalue weighted by atomic mass is 9.88. The van der Waals surface area contributed by atoms with Crippen LogP contribution in [0.5, 0.6) is 0 Å². The summed E-state index contributed by atoms with van der Waals surface area (Å²) >= 11 is 0. The van der Waals surface area contributed by atoms with E-state index in [0.717, 1.165) is 29.6 Å². The number of halogens is 1. The van der Waals surface area contributed by atoms with Crippen molar-refractivity contribution in [1.29, 1.82) is 0 Å². The number of aromatic nitrogens is 3. The van der Waals surface area contributed by atoms with Gasteiger partial charge in [0.1, 0.15) is 5.82 Å². The number of aryl methyl sites for hydroxylation is 1. The summed E-state index contributed by atoms with van der Waals surface area (Å²) in [6.45, 7) is 8.21. The molecular weight excluding hydrogens is 525 g/mol. The molecule has 2 heterocycles. The van der Waals surface area contributed by atoms with Crippen LogP contribution in [0.15, 0.2) is 35.3 Å². The molecule has 2 fully saturated rings. The van der Waals surface area contributed by atoms with Crippen LogP contribution in [0.25, 0.3) is 0 Å². The van der Waals surface area contributed by atoms with E-state index in [4.69, 9.17) is 4.99 Å². The van der Waals surface area contributed by atoms with Gasteiger partial charge in [0.05, 0.1) is 13.1 Å². The Hall–Kier alpha value is -1.68. The third-order valence-corrected chi connectivity index (χ3v) is 7.23. The molecule has 0 bridgehead atoms. The minimum atomic E-state index is 0. The summed E-state index contributed by atoms with van der Waals surface area (Å²) in [7, 11) is 2.00. The van der Waals surface area contributed by atoms with Gasteiger partial charge in [-0.1, -0.05) is 37.3 Å². The first-order valence-electron chi connectivity index (χ1n) is 12.3. The van der Waals surface area contributed by atoms with Crippen LogP contribution in [0, 0.1) is 12.8 Å². The lowest BCUT2D eigenvalue weighted by Gasteiger charge is -2.40. The van der Waals surface area contributed by atoms with Gasteiger partial charge in [-0.15, -0.1) is 34.2 Å². The number of guanidine groups is 1. The van der Waals surface area contributed by atoms with Gasteiger partial charge in [0.25, 0.3) is 0 Å². The summed E-state index contributed by atoms with van der Waals surface area (Å²) < 4.78 is 2.02. The van der Waals surface area contributed by atoms with Gasteiger partial charge in [-0.05, 0) is 70.0 Å². The second-order valence-corrected chi connectivity index (χ2v) is 9.59. The topological polar surface area (TPSA) is 70.4 Å². The van der Waals surface area contributed by atoms with Gasteiger partial charge in [0.15, 0.2) is 11.8 Å². The highest BCUT2D eigenvalue weighted by atomic mass is 127. The Morgan fingerprint density at radius 3 is 2.36 bits per heavy atom. The van der Waals surface area contributed by atoms with Crippen LogP contribution < -0.4 is 10.6 Å². The van der Waals surface area contributed by atoms with Crippen molar-refractivity contribution in [3.05, 3.63) is 47.5 Å². The summed E-state index contributed by atoms with van der Waals surface area (Å²) in [5.41, 5.74) is 1.21. The molecule has 1 aromatic heterocycles. The van der Waals surface area contributed by atoms with E-state index >= 15 is 0 Å². The molecule has 0 atom stereocenters. The van der Waals surface area contributed by atoms with E-state index < -0.39 is 0 Å². The van der Waals surface area contributed by atoms with Crippen molar-refractivity contribution < 1.29 is 0 Å². The summed E-state index contributed by atoms with van der Waals surface area (Å²) in [6.07, 6.45) is 7.68. The minimum absolute atomic E-state index is 0. The normalized spacial score (nSPS) is 22.6. The van der Waals surface area contributed by atoms with Gasteiger partial charge in [0, 0.05) is 19.1 Å². The number of nitrogens with zero attached hydrogens (tertiary/aromatic N) is 5. The first kappa shape index (κ1) is 25.9. The quantitative estimate of drug-likeness (QED) is 0.315. The maximum absolute atomic E-state index is 4.88. The largest absolute Gasteiger partial charge is 0.354 e. The molecule has 8 heteroatoms. The molecule has 2 N–H and O–H groups in total. The van der Waals surface area contributed by atoms with Gasteiger partial charge < -0.3 is 20.1 Å². The second-order valence-electron chi connectivity index (χ2n) is 9.59. The Bertz CT molecular complexity index is 866. The number of piperidine rings is 1. The maximum Gasteiger partial charge on any atom is 0.192 e. The molecule has 1 aromatic carbocycles. The Morgan fingerprint density at radius 1 is 1.03 bits per heavy atom. The fourth-order valence-electron chi connectivity index (χ4n) is 4.85. The molecule has 1 saturated carbocycles. The summed E-state index contributed by atoms with van der Waals surface area (Å²) in [4.78, 5) is 7.63. The fourth-order valence-corrected chi connectivity index (χ4v) is 4.85. The van der Waals surface area contributed by atoms with Gasteiger partial charge in [0.2, 0.25) is 0 Å². The highest BCUT2D eigenvalue weighted by Crippen LogP contribution is 2.27. The fraction of sp³-hybridized carbons (Fsp3) is 0.640. The minimum Gasteiger partial charge on any atom is -0.354 e. The van der Waals surface area contributed by atoms with Crippen LogP contribution in [0.4, 0.5) is 0 Å². The van der Waals surface area contributed by atoms with Crippen molar-refractivity contribution in [2.24, 2.45) is 18.0 Å². The highest BCUT2D eigenvalue weighted by Gasteiger charge is 2.28. The smallest absolute Gasteiger partial charge is 0.192 e. The van der Waals surface area contributed by atoms with E-state index in [1.807, 2.05) is 24.6 Å². The summed E-state index contributed by atoms with van der Waals surface area (Å²) in [6, 6.07) is 11.7. The van der Waals surface area contributed by atoms with Gasteiger partial charge in [-0.2, -0.15) is 0 Å². The Balaban J connectivity index is 0.00000306. The molecule has 0 spiro atoms. The third kappa shape index (κ3) is 7.40. The van der Waals surface area contributed by atoms with Crippen LogP contribution >= 0.6 is 24.0 Å². The molecule has 1 saturated heterocycles. The second kappa shape index (κ2) is 12.7.